The van der Waals surface area contributed by atoms with E-state index in [1.807, 2.05) is 55.2 Å². The SMILES string of the molecule is CCc1c(C(=O)NCC(Cc2cnn(C)c2)C(N)=O)cnn1Cc1ccccc1. The Balaban J connectivity index is 1.67. The standard InChI is InChI=1S/C21H26N6O2/c1-3-19-18(12-25-27(19)14-15-7-5-4-6-8-15)21(29)23-11-17(20(22)28)9-16-10-24-26(2)13-16/h4-8,10,12-13,17H,3,9,11,14H2,1-2H3,(H2,22,28)(H,23,29). The highest BCUT2D eigenvalue weighted by molar-refractivity contribution is 5.95. The first kappa shape index (κ1) is 20.3. The Bertz CT molecular complexity index is 976. The van der Waals surface area contributed by atoms with Crippen LogP contribution in [0.5, 0.6) is 0 Å². The molecule has 0 saturated heterocycles. The molecule has 3 aromatic rings. The number of nitrogens with one attached hydrogen (secondary N) is 1. The molecule has 0 aliphatic rings. The molecule has 0 bridgehead atoms. The number of hydrogen-bond acceptors (Lipinski definition) is 4. The van der Waals surface area contributed by atoms with Gasteiger partial charge in [0.1, 0.15) is 0 Å². The fourth-order valence-electron chi connectivity index (χ4n) is 3.31. The minimum Gasteiger partial charge on any atom is -0.369 e. The van der Waals surface area contributed by atoms with Gasteiger partial charge in [-0.15, -0.1) is 0 Å². The predicted molar refractivity (Wildman–Crippen MR) is 109 cm³/mol. The van der Waals surface area contributed by atoms with Crippen LogP contribution in [0.15, 0.2) is 48.9 Å². The molecule has 1 aromatic carbocycles. The smallest absolute Gasteiger partial charge is 0.254 e. The fraction of sp³-hybridized carbons (Fsp3) is 0.333. The van der Waals surface area contributed by atoms with Crippen LogP contribution in [0.2, 0.25) is 0 Å². The van der Waals surface area contributed by atoms with E-state index in [4.69, 9.17) is 5.73 Å². The predicted octanol–water partition coefficient (Wildman–Crippen LogP) is 1.30. The van der Waals surface area contributed by atoms with Crippen molar-refractivity contribution in [1.29, 1.82) is 0 Å². The quantitative estimate of drug-likeness (QED) is 0.570. The molecule has 0 fully saturated rings. The molecule has 3 rings (SSSR count). The summed E-state index contributed by atoms with van der Waals surface area (Å²) >= 11 is 0. The molecular weight excluding hydrogens is 368 g/mol. The van der Waals surface area contributed by atoms with Crippen molar-refractivity contribution < 1.29 is 9.59 Å². The third-order valence-corrected chi connectivity index (χ3v) is 4.86. The van der Waals surface area contributed by atoms with Crippen LogP contribution < -0.4 is 11.1 Å². The van der Waals surface area contributed by atoms with Crippen molar-refractivity contribution in [3.63, 3.8) is 0 Å². The second kappa shape index (κ2) is 9.18. The zero-order chi connectivity index (χ0) is 20.8. The number of hydrogen-bond donors (Lipinski definition) is 2. The molecule has 0 aliphatic heterocycles. The Morgan fingerprint density at radius 2 is 1.90 bits per heavy atom. The molecule has 1 atom stereocenters. The first-order valence-electron chi connectivity index (χ1n) is 9.61. The van der Waals surface area contributed by atoms with Gasteiger partial charge in [0.2, 0.25) is 5.91 Å². The summed E-state index contributed by atoms with van der Waals surface area (Å²) in [5.41, 5.74) is 8.92. The zero-order valence-corrected chi connectivity index (χ0v) is 16.7. The molecule has 0 radical (unpaired) electrons. The van der Waals surface area contributed by atoms with Crippen LogP contribution in [0.25, 0.3) is 0 Å². The van der Waals surface area contributed by atoms with E-state index in [1.165, 1.54) is 0 Å². The number of benzene rings is 1. The largest absolute Gasteiger partial charge is 0.369 e. The second-order valence-corrected chi connectivity index (χ2v) is 7.04. The summed E-state index contributed by atoms with van der Waals surface area (Å²) in [7, 11) is 1.81. The van der Waals surface area contributed by atoms with E-state index in [0.717, 1.165) is 16.8 Å². The van der Waals surface area contributed by atoms with Gasteiger partial charge >= 0.3 is 0 Å². The Hall–Kier alpha value is -3.42. The molecule has 29 heavy (non-hydrogen) atoms. The lowest BCUT2D eigenvalue weighted by atomic mass is 10.0. The summed E-state index contributed by atoms with van der Waals surface area (Å²) < 4.78 is 3.51. The van der Waals surface area contributed by atoms with Crippen LogP contribution in [0.4, 0.5) is 0 Å². The third-order valence-electron chi connectivity index (χ3n) is 4.86. The highest BCUT2D eigenvalue weighted by Gasteiger charge is 2.21. The summed E-state index contributed by atoms with van der Waals surface area (Å²) in [5.74, 6) is -1.21. The van der Waals surface area contributed by atoms with Gasteiger partial charge in [0.25, 0.3) is 5.91 Å². The van der Waals surface area contributed by atoms with Gasteiger partial charge in [-0.3, -0.25) is 19.0 Å². The Labute approximate surface area is 169 Å². The maximum absolute atomic E-state index is 12.7. The van der Waals surface area contributed by atoms with Gasteiger partial charge in [-0.05, 0) is 24.0 Å². The summed E-state index contributed by atoms with van der Waals surface area (Å²) in [6.07, 6.45) is 6.21. The van der Waals surface area contributed by atoms with Crippen molar-refractivity contribution in [1.82, 2.24) is 24.9 Å². The number of amides is 2. The van der Waals surface area contributed by atoms with E-state index < -0.39 is 11.8 Å². The normalized spacial score (nSPS) is 11.9. The molecule has 8 nitrogen and oxygen atoms in total. The topological polar surface area (TPSA) is 108 Å². The van der Waals surface area contributed by atoms with E-state index in [-0.39, 0.29) is 12.5 Å². The fourth-order valence-corrected chi connectivity index (χ4v) is 3.31. The maximum Gasteiger partial charge on any atom is 0.254 e. The lowest BCUT2D eigenvalue weighted by Crippen LogP contribution is -2.37. The number of aromatic nitrogens is 4. The first-order chi connectivity index (χ1) is 14.0. The molecule has 0 saturated carbocycles. The number of aryl methyl sites for hydroxylation is 1. The second-order valence-electron chi connectivity index (χ2n) is 7.04. The monoisotopic (exact) mass is 394 g/mol. The Morgan fingerprint density at radius 3 is 2.52 bits per heavy atom. The van der Waals surface area contributed by atoms with Crippen molar-refractivity contribution in [3.05, 3.63) is 71.3 Å². The van der Waals surface area contributed by atoms with Gasteiger partial charge in [-0.25, -0.2) is 0 Å². The van der Waals surface area contributed by atoms with E-state index in [0.29, 0.717) is 24.9 Å². The van der Waals surface area contributed by atoms with Crippen molar-refractivity contribution in [2.75, 3.05) is 6.54 Å². The average Bonchev–Trinajstić information content (AvgIpc) is 3.31. The summed E-state index contributed by atoms with van der Waals surface area (Å²) in [6.45, 7) is 2.75. The minimum atomic E-state index is -0.507. The van der Waals surface area contributed by atoms with E-state index in [9.17, 15) is 9.59 Å². The number of carbonyl (C=O) groups excluding carboxylic acids is 2. The molecule has 3 N–H and O–H groups in total. The zero-order valence-electron chi connectivity index (χ0n) is 16.7. The van der Waals surface area contributed by atoms with Crippen molar-refractivity contribution in [2.45, 2.75) is 26.3 Å². The average molecular weight is 394 g/mol. The number of primary amides is 1. The number of nitrogens with zero attached hydrogens (tertiary/aromatic N) is 4. The summed E-state index contributed by atoms with van der Waals surface area (Å²) in [5, 5.41) is 11.3. The molecule has 2 amide bonds. The van der Waals surface area contributed by atoms with E-state index >= 15 is 0 Å². The lowest BCUT2D eigenvalue weighted by Gasteiger charge is -2.14. The summed E-state index contributed by atoms with van der Waals surface area (Å²) in [4.78, 5) is 24.6. The van der Waals surface area contributed by atoms with Gasteiger partial charge in [-0.1, -0.05) is 37.3 Å². The molecule has 0 spiro atoms. The summed E-state index contributed by atoms with van der Waals surface area (Å²) in [6, 6.07) is 9.97. The van der Waals surface area contributed by atoms with Gasteiger partial charge < -0.3 is 11.1 Å². The van der Waals surface area contributed by atoms with E-state index in [2.05, 4.69) is 15.5 Å². The van der Waals surface area contributed by atoms with Crippen LogP contribution in [-0.4, -0.2) is 37.9 Å². The molecule has 1 unspecified atom stereocenters. The van der Waals surface area contributed by atoms with Crippen LogP contribution >= 0.6 is 0 Å². The Morgan fingerprint density at radius 1 is 1.14 bits per heavy atom. The maximum atomic E-state index is 12.7. The van der Waals surface area contributed by atoms with Crippen molar-refractivity contribution in [2.24, 2.45) is 18.7 Å². The van der Waals surface area contributed by atoms with Gasteiger partial charge in [0.15, 0.2) is 0 Å². The van der Waals surface area contributed by atoms with Crippen molar-refractivity contribution >= 4 is 11.8 Å². The number of rotatable bonds is 9. The molecule has 152 valence electrons. The Kier molecular flexibility index (Phi) is 6.43. The molecule has 8 heteroatoms. The first-order valence-corrected chi connectivity index (χ1v) is 9.61. The van der Waals surface area contributed by atoms with Crippen LogP contribution in [0.1, 0.15) is 34.1 Å². The number of nitrogens with two attached hydrogens (primary N) is 1. The van der Waals surface area contributed by atoms with Crippen LogP contribution in [-0.2, 0) is 31.2 Å². The van der Waals surface area contributed by atoms with Crippen molar-refractivity contribution in [3.8, 4) is 0 Å². The highest BCUT2D eigenvalue weighted by atomic mass is 16.2. The van der Waals surface area contributed by atoms with Gasteiger partial charge in [0.05, 0.1) is 36.1 Å². The molecular formula is C21H26N6O2. The minimum absolute atomic E-state index is 0.163. The third kappa shape index (κ3) is 5.10. The van der Waals surface area contributed by atoms with Crippen LogP contribution in [0, 0.1) is 5.92 Å². The highest BCUT2D eigenvalue weighted by Crippen LogP contribution is 2.13. The molecule has 2 heterocycles. The van der Waals surface area contributed by atoms with Crippen LogP contribution in [0.3, 0.4) is 0 Å². The van der Waals surface area contributed by atoms with Gasteiger partial charge in [-0.2, -0.15) is 10.2 Å². The molecule has 2 aromatic heterocycles. The van der Waals surface area contributed by atoms with Gasteiger partial charge in [0, 0.05) is 19.8 Å². The lowest BCUT2D eigenvalue weighted by molar-refractivity contribution is -0.121. The van der Waals surface area contributed by atoms with E-state index in [1.54, 1.807) is 17.1 Å². The molecule has 0 aliphatic carbocycles. The number of carbonyl (C=O) groups is 2.